The van der Waals surface area contributed by atoms with Gasteiger partial charge in [-0.05, 0) is 38.5 Å². The van der Waals surface area contributed by atoms with Gasteiger partial charge in [-0.25, -0.2) is 0 Å². The predicted molar refractivity (Wildman–Crippen MR) is 221 cm³/mol. The Labute approximate surface area is 314 Å². The molecule has 0 fully saturated rings. The number of carbonyl (C=O) groups is 1. The van der Waals surface area contributed by atoms with E-state index in [1.54, 1.807) is 0 Å². The molecule has 298 valence electrons. The fourth-order valence-electron chi connectivity index (χ4n) is 7.24. The van der Waals surface area contributed by atoms with E-state index in [1.165, 1.54) is 205 Å². The van der Waals surface area contributed by atoms with Crippen LogP contribution in [0.1, 0.15) is 258 Å². The van der Waals surface area contributed by atoms with Crippen molar-refractivity contribution in [3.05, 3.63) is 12.2 Å². The maximum absolute atomic E-state index is 12.4. The summed E-state index contributed by atoms with van der Waals surface area (Å²) < 4.78 is 0. The molecule has 0 saturated heterocycles. The predicted octanol–water partition coefficient (Wildman–Crippen LogP) is 14.2. The van der Waals surface area contributed by atoms with Crippen LogP contribution in [-0.4, -0.2) is 34.9 Å². The van der Waals surface area contributed by atoms with Gasteiger partial charge in [0.25, 0.3) is 0 Å². The molecule has 0 bridgehead atoms. The van der Waals surface area contributed by atoms with E-state index in [4.69, 9.17) is 0 Å². The third-order valence-electron chi connectivity index (χ3n) is 10.8. The van der Waals surface area contributed by atoms with Crippen LogP contribution in [0.4, 0.5) is 0 Å². The number of carbonyl (C=O) groups excluding carboxylic acids is 1. The first-order valence-electron chi connectivity index (χ1n) is 22.9. The molecular weight excluding hydrogens is 615 g/mol. The molecule has 4 heteroatoms. The van der Waals surface area contributed by atoms with E-state index in [0.29, 0.717) is 12.8 Å². The van der Waals surface area contributed by atoms with Crippen LogP contribution < -0.4 is 5.32 Å². The number of allylic oxidation sites excluding steroid dienone is 2. The van der Waals surface area contributed by atoms with Crippen molar-refractivity contribution in [2.24, 2.45) is 0 Å². The van der Waals surface area contributed by atoms with Gasteiger partial charge in [0.15, 0.2) is 0 Å². The van der Waals surface area contributed by atoms with Crippen LogP contribution in [-0.2, 0) is 4.79 Å². The number of aliphatic hydroxyl groups is 2. The van der Waals surface area contributed by atoms with Gasteiger partial charge >= 0.3 is 0 Å². The van der Waals surface area contributed by atoms with Crippen molar-refractivity contribution in [3.63, 3.8) is 0 Å². The topological polar surface area (TPSA) is 69.6 Å². The van der Waals surface area contributed by atoms with E-state index >= 15 is 0 Å². The highest BCUT2D eigenvalue weighted by molar-refractivity contribution is 5.76. The van der Waals surface area contributed by atoms with Gasteiger partial charge in [-0.1, -0.05) is 225 Å². The summed E-state index contributed by atoms with van der Waals surface area (Å²) in [6.45, 7) is 4.38. The number of hydrogen-bond acceptors (Lipinski definition) is 3. The summed E-state index contributed by atoms with van der Waals surface area (Å²) in [6, 6.07) is -0.533. The van der Waals surface area contributed by atoms with Gasteiger partial charge in [-0.3, -0.25) is 4.79 Å². The van der Waals surface area contributed by atoms with E-state index in [1.807, 2.05) is 0 Å². The smallest absolute Gasteiger partial charge is 0.220 e. The number of unbranched alkanes of at least 4 members (excludes halogenated alkanes) is 33. The van der Waals surface area contributed by atoms with E-state index in [0.717, 1.165) is 25.7 Å². The Hall–Kier alpha value is -0.870. The highest BCUT2D eigenvalue weighted by Gasteiger charge is 2.20. The van der Waals surface area contributed by atoms with E-state index < -0.39 is 12.1 Å². The molecule has 2 atom stereocenters. The highest BCUT2D eigenvalue weighted by Crippen LogP contribution is 2.16. The van der Waals surface area contributed by atoms with Crippen molar-refractivity contribution in [2.45, 2.75) is 270 Å². The second kappa shape index (κ2) is 42.5. The maximum atomic E-state index is 12.4. The number of amides is 1. The maximum Gasteiger partial charge on any atom is 0.220 e. The molecule has 0 saturated carbocycles. The van der Waals surface area contributed by atoms with E-state index in [9.17, 15) is 15.0 Å². The van der Waals surface area contributed by atoms with Crippen LogP contribution in [0.15, 0.2) is 12.2 Å². The number of rotatable bonds is 42. The SMILES string of the molecule is CCCCCCCCCC/C=C\CCCCCCCCCCCC(=O)NC(CO)C(O)CCCCCCCCCCCCCCCCCCC. The average molecular weight is 706 g/mol. The molecule has 0 aromatic carbocycles. The molecule has 50 heavy (non-hydrogen) atoms. The Morgan fingerprint density at radius 2 is 0.760 bits per heavy atom. The molecule has 0 spiro atoms. The van der Waals surface area contributed by atoms with Gasteiger partial charge in [-0.15, -0.1) is 0 Å². The number of aliphatic hydroxyl groups excluding tert-OH is 2. The lowest BCUT2D eigenvalue weighted by molar-refractivity contribution is -0.123. The Bertz CT molecular complexity index is 680. The van der Waals surface area contributed by atoms with Gasteiger partial charge < -0.3 is 15.5 Å². The second-order valence-corrected chi connectivity index (χ2v) is 15.8. The highest BCUT2D eigenvalue weighted by atomic mass is 16.3. The Balaban J connectivity index is 3.48. The van der Waals surface area contributed by atoms with Crippen molar-refractivity contribution in [1.82, 2.24) is 5.32 Å². The summed E-state index contributed by atoms with van der Waals surface area (Å²) in [6.07, 6.45) is 52.9. The van der Waals surface area contributed by atoms with E-state index in [-0.39, 0.29) is 12.5 Å². The standard InChI is InChI=1S/C46H91NO3/c1-3-5-7-9-11-13-15-17-19-21-22-23-24-26-28-30-32-34-36-38-40-42-46(50)47-44(43-48)45(49)41-39-37-35-33-31-29-27-25-20-18-16-14-12-10-8-6-4-2/h21-22,44-45,48-49H,3-20,23-43H2,1-2H3,(H,47,50)/b22-21-. The third-order valence-corrected chi connectivity index (χ3v) is 10.8. The largest absolute Gasteiger partial charge is 0.394 e. The zero-order valence-electron chi connectivity index (χ0n) is 34.2. The van der Waals surface area contributed by atoms with Gasteiger partial charge in [0.2, 0.25) is 5.91 Å². The lowest BCUT2D eigenvalue weighted by Gasteiger charge is -2.22. The molecule has 3 N–H and O–H groups in total. The number of hydrogen-bond donors (Lipinski definition) is 3. The molecule has 2 unspecified atom stereocenters. The first kappa shape index (κ1) is 49.1. The average Bonchev–Trinajstić information content (AvgIpc) is 3.12. The minimum Gasteiger partial charge on any atom is -0.394 e. The van der Waals surface area contributed by atoms with Crippen molar-refractivity contribution < 1.29 is 15.0 Å². The number of nitrogens with one attached hydrogen (secondary N) is 1. The van der Waals surface area contributed by atoms with Gasteiger partial charge in [0, 0.05) is 6.42 Å². The van der Waals surface area contributed by atoms with Crippen LogP contribution >= 0.6 is 0 Å². The third kappa shape index (κ3) is 38.4. The van der Waals surface area contributed by atoms with Crippen LogP contribution in [0.2, 0.25) is 0 Å². The van der Waals surface area contributed by atoms with Crippen molar-refractivity contribution in [2.75, 3.05) is 6.61 Å². The zero-order chi connectivity index (χ0) is 36.4. The molecule has 0 aliphatic carbocycles. The zero-order valence-corrected chi connectivity index (χ0v) is 34.2. The van der Waals surface area contributed by atoms with Crippen molar-refractivity contribution >= 4 is 5.91 Å². The molecule has 1 amide bonds. The summed E-state index contributed by atoms with van der Waals surface area (Å²) in [5.41, 5.74) is 0. The first-order chi connectivity index (χ1) is 24.7. The summed E-state index contributed by atoms with van der Waals surface area (Å²) in [4.78, 5) is 12.4. The lowest BCUT2D eigenvalue weighted by atomic mass is 10.0. The lowest BCUT2D eigenvalue weighted by Crippen LogP contribution is -2.45. The summed E-state index contributed by atoms with van der Waals surface area (Å²) in [5, 5.41) is 23.2. The fraction of sp³-hybridized carbons (Fsp3) is 0.935. The second-order valence-electron chi connectivity index (χ2n) is 15.8. The molecule has 0 radical (unpaired) electrons. The molecule has 0 rings (SSSR count). The summed E-state index contributed by atoms with van der Waals surface area (Å²) >= 11 is 0. The molecule has 0 aliphatic rings. The molecule has 0 aliphatic heterocycles. The Morgan fingerprint density at radius 1 is 0.460 bits per heavy atom. The normalized spacial score (nSPS) is 13.0. The molecule has 0 aromatic heterocycles. The minimum atomic E-state index is -0.656. The van der Waals surface area contributed by atoms with Crippen molar-refractivity contribution in [3.8, 4) is 0 Å². The molecule has 4 nitrogen and oxygen atoms in total. The first-order valence-corrected chi connectivity index (χ1v) is 22.9. The van der Waals surface area contributed by atoms with Crippen molar-refractivity contribution in [1.29, 1.82) is 0 Å². The van der Waals surface area contributed by atoms with Crippen LogP contribution in [0, 0.1) is 0 Å². The quantitative estimate of drug-likeness (QED) is 0.0437. The Kier molecular flexibility index (Phi) is 41.8. The van der Waals surface area contributed by atoms with Crippen LogP contribution in [0.5, 0.6) is 0 Å². The van der Waals surface area contributed by atoms with Crippen LogP contribution in [0.25, 0.3) is 0 Å². The van der Waals surface area contributed by atoms with Crippen LogP contribution in [0.3, 0.4) is 0 Å². The minimum absolute atomic E-state index is 0.0302. The van der Waals surface area contributed by atoms with Gasteiger partial charge in [0.1, 0.15) is 0 Å². The van der Waals surface area contributed by atoms with Gasteiger partial charge in [0.05, 0.1) is 18.8 Å². The summed E-state index contributed by atoms with van der Waals surface area (Å²) in [7, 11) is 0. The molecule has 0 aromatic rings. The van der Waals surface area contributed by atoms with E-state index in [2.05, 4.69) is 31.3 Å². The fourth-order valence-corrected chi connectivity index (χ4v) is 7.24. The monoisotopic (exact) mass is 706 g/mol. The molecular formula is C46H91NO3. The van der Waals surface area contributed by atoms with Gasteiger partial charge in [-0.2, -0.15) is 0 Å². The molecule has 0 heterocycles. The Morgan fingerprint density at radius 3 is 1.10 bits per heavy atom. The summed E-state index contributed by atoms with van der Waals surface area (Å²) in [5.74, 6) is -0.0302.